The molecule has 1 aromatic carbocycles. The van der Waals surface area contributed by atoms with Crippen LogP contribution in [0.1, 0.15) is 29.5 Å². The van der Waals surface area contributed by atoms with Gasteiger partial charge >= 0.3 is 5.69 Å². The zero-order valence-electron chi connectivity index (χ0n) is 15.4. The number of pyridine rings is 1. The van der Waals surface area contributed by atoms with Crippen molar-refractivity contribution >= 4 is 15.7 Å². The molecule has 0 atom stereocenters. The molecule has 0 aliphatic carbocycles. The number of benzene rings is 1. The monoisotopic (exact) mass is 386 g/mol. The average Bonchev–Trinajstić information content (AvgIpc) is 3.27. The van der Waals surface area contributed by atoms with Gasteiger partial charge in [0.25, 0.3) is 0 Å². The number of sulfonamides is 1. The number of aromatic nitrogens is 3. The molecule has 3 aromatic rings. The smallest absolute Gasteiger partial charge is 0.249 e. The zero-order chi connectivity index (χ0) is 19.2. The van der Waals surface area contributed by atoms with Crippen LogP contribution in [0.15, 0.2) is 46.2 Å². The molecule has 3 heterocycles. The van der Waals surface area contributed by atoms with E-state index in [1.54, 1.807) is 12.3 Å². The van der Waals surface area contributed by atoms with E-state index in [1.807, 2.05) is 26.0 Å². The number of aryl methyl sites for hydroxylation is 2. The summed E-state index contributed by atoms with van der Waals surface area (Å²) in [6.45, 7) is 5.33. The fourth-order valence-electron chi connectivity index (χ4n) is 3.57. The molecule has 0 spiro atoms. The molecule has 0 N–H and O–H groups in total. The molecule has 2 aromatic heterocycles. The highest BCUT2D eigenvalue weighted by molar-refractivity contribution is 7.89. The number of hydrogen-bond donors (Lipinski definition) is 0. The summed E-state index contributed by atoms with van der Waals surface area (Å²) in [4.78, 5) is 12.9. The lowest BCUT2D eigenvalue weighted by Gasteiger charge is -2.15. The first kappa shape index (κ1) is 17.9. The second-order valence-electron chi connectivity index (χ2n) is 7.05. The van der Waals surface area contributed by atoms with E-state index in [0.29, 0.717) is 19.6 Å². The Balaban J connectivity index is 1.81. The first-order valence-electron chi connectivity index (χ1n) is 9.02. The average molecular weight is 386 g/mol. The maximum Gasteiger partial charge on any atom is 0.350 e. The third kappa shape index (κ3) is 3.08. The van der Waals surface area contributed by atoms with E-state index in [4.69, 9.17) is 0 Å². The maximum absolute atomic E-state index is 13.0. The molecular weight excluding hydrogens is 364 g/mol. The molecule has 27 heavy (non-hydrogen) atoms. The quantitative estimate of drug-likeness (QED) is 0.687. The van der Waals surface area contributed by atoms with Crippen LogP contribution in [0.4, 0.5) is 0 Å². The lowest BCUT2D eigenvalue weighted by Crippen LogP contribution is -2.28. The molecule has 142 valence electrons. The molecule has 1 aliphatic rings. The Labute approximate surface area is 157 Å². The van der Waals surface area contributed by atoms with Crippen LogP contribution in [0.2, 0.25) is 0 Å². The van der Waals surface area contributed by atoms with Crippen LogP contribution in [0.3, 0.4) is 0 Å². The lowest BCUT2D eigenvalue weighted by molar-refractivity contribution is 0.477. The highest BCUT2D eigenvalue weighted by Gasteiger charge is 2.30. The van der Waals surface area contributed by atoms with Crippen LogP contribution in [0.25, 0.3) is 5.65 Å². The van der Waals surface area contributed by atoms with Gasteiger partial charge in [-0.2, -0.15) is 4.31 Å². The van der Waals surface area contributed by atoms with Crippen molar-refractivity contribution in [2.45, 2.75) is 38.1 Å². The van der Waals surface area contributed by atoms with Gasteiger partial charge in [-0.15, -0.1) is 5.10 Å². The molecule has 1 saturated heterocycles. The molecule has 0 unspecified atom stereocenters. The number of hydrogen-bond acceptors (Lipinski definition) is 4. The Bertz CT molecular complexity index is 1170. The van der Waals surface area contributed by atoms with Crippen molar-refractivity contribution in [3.8, 4) is 0 Å². The van der Waals surface area contributed by atoms with Gasteiger partial charge in [0.15, 0.2) is 5.65 Å². The van der Waals surface area contributed by atoms with Crippen molar-refractivity contribution in [2.75, 3.05) is 13.1 Å². The molecule has 0 bridgehead atoms. The summed E-state index contributed by atoms with van der Waals surface area (Å²) < 4.78 is 30.1. The van der Waals surface area contributed by atoms with Gasteiger partial charge in [-0.25, -0.2) is 22.3 Å². The van der Waals surface area contributed by atoms with Crippen LogP contribution >= 0.6 is 0 Å². The number of rotatable bonds is 4. The lowest BCUT2D eigenvalue weighted by atomic mass is 10.1. The highest BCUT2D eigenvalue weighted by atomic mass is 32.2. The Morgan fingerprint density at radius 3 is 2.56 bits per heavy atom. The van der Waals surface area contributed by atoms with Crippen LogP contribution in [0, 0.1) is 13.8 Å². The summed E-state index contributed by atoms with van der Waals surface area (Å²) in [5, 5.41) is 4.37. The van der Waals surface area contributed by atoms with Crippen molar-refractivity contribution in [3.63, 3.8) is 0 Å². The van der Waals surface area contributed by atoms with Gasteiger partial charge in [-0.3, -0.25) is 0 Å². The topological polar surface area (TPSA) is 76.7 Å². The Morgan fingerprint density at radius 2 is 1.85 bits per heavy atom. The molecule has 1 aliphatic heterocycles. The first-order valence-corrected chi connectivity index (χ1v) is 10.5. The van der Waals surface area contributed by atoms with Gasteiger partial charge in [0.1, 0.15) is 4.90 Å². The van der Waals surface area contributed by atoms with E-state index in [2.05, 4.69) is 11.2 Å². The van der Waals surface area contributed by atoms with Gasteiger partial charge in [0.2, 0.25) is 10.0 Å². The van der Waals surface area contributed by atoms with Gasteiger partial charge in [0.05, 0.1) is 6.54 Å². The van der Waals surface area contributed by atoms with Crippen LogP contribution < -0.4 is 5.69 Å². The Morgan fingerprint density at radius 1 is 1.11 bits per heavy atom. The molecule has 7 nitrogen and oxygen atoms in total. The number of nitrogens with zero attached hydrogens (tertiary/aromatic N) is 4. The standard InChI is InChI=1S/C19H22N4O3S/c1-14-7-8-16(15(2)12-14)13-23-19(24)22-11-5-6-17(18(22)20-23)27(25,26)21-9-3-4-10-21/h5-8,11-12H,3-4,9-10,13H2,1-2H3. The molecule has 0 radical (unpaired) electrons. The third-order valence-electron chi connectivity index (χ3n) is 5.07. The van der Waals surface area contributed by atoms with Crippen molar-refractivity contribution in [2.24, 2.45) is 0 Å². The molecular formula is C19H22N4O3S. The van der Waals surface area contributed by atoms with Crippen molar-refractivity contribution in [3.05, 3.63) is 63.7 Å². The summed E-state index contributed by atoms with van der Waals surface area (Å²) in [7, 11) is -3.66. The highest BCUT2D eigenvalue weighted by Crippen LogP contribution is 2.23. The zero-order valence-corrected chi connectivity index (χ0v) is 16.2. The fraction of sp³-hybridized carbons (Fsp3) is 0.368. The van der Waals surface area contributed by atoms with E-state index < -0.39 is 10.0 Å². The normalized spacial score (nSPS) is 15.6. The summed E-state index contributed by atoms with van der Waals surface area (Å²) in [5.74, 6) is 0. The molecule has 1 fully saturated rings. The van der Waals surface area contributed by atoms with E-state index in [9.17, 15) is 13.2 Å². The van der Waals surface area contributed by atoms with E-state index in [-0.39, 0.29) is 16.2 Å². The minimum absolute atomic E-state index is 0.0865. The minimum atomic E-state index is -3.66. The van der Waals surface area contributed by atoms with Crippen molar-refractivity contribution < 1.29 is 8.42 Å². The van der Waals surface area contributed by atoms with Crippen LogP contribution in [-0.4, -0.2) is 40.0 Å². The second kappa shape index (κ2) is 6.61. The maximum atomic E-state index is 13.0. The fourth-order valence-corrected chi connectivity index (χ4v) is 5.21. The summed E-state index contributed by atoms with van der Waals surface area (Å²) in [6.07, 6.45) is 3.28. The Kier molecular flexibility index (Phi) is 4.39. The van der Waals surface area contributed by atoms with Crippen LogP contribution in [-0.2, 0) is 16.6 Å². The van der Waals surface area contributed by atoms with Gasteiger partial charge in [0, 0.05) is 19.3 Å². The SMILES string of the molecule is Cc1ccc(Cn2nc3c(S(=O)(=O)N4CCCC4)cccn3c2=O)c(C)c1. The summed E-state index contributed by atoms with van der Waals surface area (Å²) in [5.41, 5.74) is 3.04. The second-order valence-corrected chi connectivity index (χ2v) is 8.95. The molecule has 8 heteroatoms. The Hall–Kier alpha value is -2.45. The van der Waals surface area contributed by atoms with Gasteiger partial charge in [-0.05, 0) is 49.9 Å². The molecule has 0 saturated carbocycles. The van der Waals surface area contributed by atoms with E-state index in [1.165, 1.54) is 19.5 Å². The largest absolute Gasteiger partial charge is 0.350 e. The molecule has 4 rings (SSSR count). The van der Waals surface area contributed by atoms with Gasteiger partial charge < -0.3 is 0 Å². The van der Waals surface area contributed by atoms with Gasteiger partial charge in [-0.1, -0.05) is 23.8 Å². The van der Waals surface area contributed by atoms with E-state index >= 15 is 0 Å². The van der Waals surface area contributed by atoms with Crippen molar-refractivity contribution in [1.29, 1.82) is 0 Å². The predicted molar refractivity (Wildman–Crippen MR) is 102 cm³/mol. The molecule has 0 amide bonds. The minimum Gasteiger partial charge on any atom is -0.249 e. The van der Waals surface area contributed by atoms with Crippen LogP contribution in [0.5, 0.6) is 0 Å². The first-order chi connectivity index (χ1) is 12.9. The number of fused-ring (bicyclic) bond motifs is 1. The van der Waals surface area contributed by atoms with Crippen molar-refractivity contribution in [1.82, 2.24) is 18.5 Å². The third-order valence-corrected chi connectivity index (χ3v) is 6.99. The van der Waals surface area contributed by atoms with E-state index in [0.717, 1.165) is 29.5 Å². The summed E-state index contributed by atoms with van der Waals surface area (Å²) in [6, 6.07) is 9.13. The predicted octanol–water partition coefficient (Wildman–Crippen LogP) is 1.95. The summed E-state index contributed by atoms with van der Waals surface area (Å²) >= 11 is 0.